The molecular weight excluding hydrogens is 234 g/mol. The first-order valence-corrected chi connectivity index (χ1v) is 5.78. The van der Waals surface area contributed by atoms with Crippen molar-refractivity contribution in [3.8, 4) is 0 Å². The molecule has 0 unspecified atom stereocenters. The molecule has 0 aliphatic carbocycles. The molecule has 0 saturated carbocycles. The normalized spacial score (nSPS) is 23.7. The average molecular weight is 249 g/mol. The van der Waals surface area contributed by atoms with Crippen LogP contribution in [0.25, 0.3) is 0 Å². The molecule has 1 aromatic carbocycles. The molecule has 1 amide bonds. The number of hydrogen-bond acceptors (Lipinski definition) is 3. The molecule has 2 rings (SSSR count). The number of morpholine rings is 1. The van der Waals surface area contributed by atoms with Crippen LogP contribution in [0, 0.1) is 0 Å². The van der Waals surface area contributed by atoms with E-state index >= 15 is 0 Å². The fraction of sp³-hybridized carbons (Fsp3) is 0.385. The van der Waals surface area contributed by atoms with E-state index in [1.165, 1.54) is 11.8 Å². The summed E-state index contributed by atoms with van der Waals surface area (Å²) in [5, 5.41) is 9.32. The summed E-state index contributed by atoms with van der Waals surface area (Å²) >= 11 is 0. The van der Waals surface area contributed by atoms with Gasteiger partial charge in [0.25, 0.3) is 0 Å². The zero-order valence-corrected chi connectivity index (χ0v) is 10.1. The van der Waals surface area contributed by atoms with Crippen molar-refractivity contribution in [2.75, 3.05) is 13.2 Å². The van der Waals surface area contributed by atoms with E-state index in [1.54, 1.807) is 0 Å². The Hall–Kier alpha value is -1.88. The smallest absolute Gasteiger partial charge is 0.329 e. The van der Waals surface area contributed by atoms with Crippen molar-refractivity contribution in [3.05, 3.63) is 35.9 Å². The van der Waals surface area contributed by atoms with Gasteiger partial charge in [0, 0.05) is 13.5 Å². The summed E-state index contributed by atoms with van der Waals surface area (Å²) in [6, 6.07) is 8.16. The SMILES string of the molecule is CC(=O)N1CCO[C@H](c2ccccc2)[C@@H]1C(=O)O. The first-order valence-electron chi connectivity index (χ1n) is 5.78. The largest absolute Gasteiger partial charge is 0.480 e. The van der Waals surface area contributed by atoms with Gasteiger partial charge in [-0.15, -0.1) is 0 Å². The van der Waals surface area contributed by atoms with Crippen molar-refractivity contribution < 1.29 is 19.4 Å². The minimum absolute atomic E-state index is 0.244. The van der Waals surface area contributed by atoms with Gasteiger partial charge in [0.15, 0.2) is 6.04 Å². The molecule has 2 atom stereocenters. The quantitative estimate of drug-likeness (QED) is 0.851. The highest BCUT2D eigenvalue weighted by molar-refractivity contribution is 5.83. The van der Waals surface area contributed by atoms with Gasteiger partial charge < -0.3 is 14.7 Å². The lowest BCUT2D eigenvalue weighted by Crippen LogP contribution is -2.53. The summed E-state index contributed by atoms with van der Waals surface area (Å²) in [6.45, 7) is 2.04. The molecule has 96 valence electrons. The van der Waals surface area contributed by atoms with Crippen molar-refractivity contribution in [2.45, 2.75) is 19.1 Å². The Bertz CT molecular complexity index is 446. The molecule has 1 aromatic rings. The van der Waals surface area contributed by atoms with Gasteiger partial charge in [0.05, 0.1) is 6.61 Å². The second kappa shape index (κ2) is 5.18. The van der Waals surface area contributed by atoms with Crippen molar-refractivity contribution >= 4 is 11.9 Å². The zero-order chi connectivity index (χ0) is 13.1. The Morgan fingerprint density at radius 2 is 2.00 bits per heavy atom. The minimum atomic E-state index is -1.04. The Morgan fingerprint density at radius 1 is 1.33 bits per heavy atom. The van der Waals surface area contributed by atoms with Crippen molar-refractivity contribution in [1.82, 2.24) is 4.90 Å². The Labute approximate surface area is 105 Å². The van der Waals surface area contributed by atoms with E-state index in [-0.39, 0.29) is 5.91 Å². The van der Waals surface area contributed by atoms with Crippen LogP contribution in [-0.2, 0) is 14.3 Å². The van der Waals surface area contributed by atoms with Crippen molar-refractivity contribution in [2.24, 2.45) is 0 Å². The Kier molecular flexibility index (Phi) is 3.62. The Balaban J connectivity index is 2.33. The van der Waals surface area contributed by atoms with Gasteiger partial charge in [-0.1, -0.05) is 30.3 Å². The summed E-state index contributed by atoms with van der Waals surface area (Å²) in [4.78, 5) is 24.2. The zero-order valence-electron chi connectivity index (χ0n) is 10.1. The van der Waals surface area contributed by atoms with E-state index in [0.29, 0.717) is 13.2 Å². The first-order chi connectivity index (χ1) is 8.61. The van der Waals surface area contributed by atoms with Gasteiger partial charge in [-0.3, -0.25) is 4.79 Å². The number of ether oxygens (including phenoxy) is 1. The molecule has 5 heteroatoms. The highest BCUT2D eigenvalue weighted by Crippen LogP contribution is 2.28. The Morgan fingerprint density at radius 3 is 2.56 bits per heavy atom. The van der Waals surface area contributed by atoms with E-state index in [4.69, 9.17) is 4.74 Å². The number of hydrogen-bond donors (Lipinski definition) is 1. The van der Waals surface area contributed by atoms with E-state index < -0.39 is 18.1 Å². The summed E-state index contributed by atoms with van der Waals surface area (Å²) < 4.78 is 5.54. The molecule has 0 radical (unpaired) electrons. The molecular formula is C13H15NO4. The molecule has 1 saturated heterocycles. The molecule has 0 aromatic heterocycles. The number of carboxylic acid groups (broad SMARTS) is 1. The number of aliphatic carboxylic acids is 1. The van der Waals surface area contributed by atoms with E-state index in [1.807, 2.05) is 30.3 Å². The van der Waals surface area contributed by atoms with E-state index in [9.17, 15) is 14.7 Å². The number of carboxylic acids is 1. The fourth-order valence-electron chi connectivity index (χ4n) is 2.21. The predicted octanol–water partition coefficient (Wildman–Crippen LogP) is 1.06. The number of carbonyl (C=O) groups excluding carboxylic acids is 1. The molecule has 1 fully saturated rings. The third-order valence-corrected chi connectivity index (χ3v) is 3.04. The van der Waals surface area contributed by atoms with Crippen LogP contribution in [0.15, 0.2) is 30.3 Å². The summed E-state index contributed by atoms with van der Waals surface area (Å²) in [5.74, 6) is -1.29. The maximum Gasteiger partial charge on any atom is 0.329 e. The van der Waals surface area contributed by atoms with Gasteiger partial charge in [0.2, 0.25) is 5.91 Å². The van der Waals surface area contributed by atoms with Crippen LogP contribution in [0.5, 0.6) is 0 Å². The van der Waals surface area contributed by atoms with Gasteiger partial charge >= 0.3 is 5.97 Å². The summed E-state index contributed by atoms with van der Waals surface area (Å²) in [7, 11) is 0. The lowest BCUT2D eigenvalue weighted by molar-refractivity contribution is -0.165. The molecule has 1 aliphatic heterocycles. The molecule has 18 heavy (non-hydrogen) atoms. The maximum absolute atomic E-state index is 11.5. The molecule has 0 spiro atoms. The second-order valence-electron chi connectivity index (χ2n) is 4.20. The van der Waals surface area contributed by atoms with Crippen molar-refractivity contribution in [3.63, 3.8) is 0 Å². The van der Waals surface area contributed by atoms with Crippen LogP contribution in [0.3, 0.4) is 0 Å². The van der Waals surface area contributed by atoms with Gasteiger partial charge in [-0.25, -0.2) is 4.79 Å². The van der Waals surface area contributed by atoms with E-state index in [0.717, 1.165) is 5.56 Å². The second-order valence-corrected chi connectivity index (χ2v) is 4.20. The molecule has 1 heterocycles. The van der Waals surface area contributed by atoms with Crippen LogP contribution < -0.4 is 0 Å². The highest BCUT2D eigenvalue weighted by Gasteiger charge is 2.39. The number of rotatable bonds is 2. The topological polar surface area (TPSA) is 66.8 Å². The van der Waals surface area contributed by atoms with Crippen LogP contribution >= 0.6 is 0 Å². The number of nitrogens with zero attached hydrogens (tertiary/aromatic N) is 1. The third kappa shape index (κ3) is 2.36. The van der Waals surface area contributed by atoms with Crippen molar-refractivity contribution in [1.29, 1.82) is 0 Å². The standard InChI is InChI=1S/C13H15NO4/c1-9(15)14-7-8-18-12(11(14)13(16)17)10-5-3-2-4-6-10/h2-6,11-12H,7-8H2,1H3,(H,16,17)/t11-,12-/m1/s1. The molecule has 1 N–H and O–H groups in total. The van der Waals surface area contributed by atoms with Crippen LogP contribution in [0.2, 0.25) is 0 Å². The average Bonchev–Trinajstić information content (AvgIpc) is 2.38. The van der Waals surface area contributed by atoms with Gasteiger partial charge in [-0.2, -0.15) is 0 Å². The van der Waals surface area contributed by atoms with Crippen LogP contribution in [0.4, 0.5) is 0 Å². The maximum atomic E-state index is 11.5. The van der Waals surface area contributed by atoms with Gasteiger partial charge in [0.1, 0.15) is 6.10 Å². The minimum Gasteiger partial charge on any atom is -0.480 e. The molecule has 0 bridgehead atoms. The van der Waals surface area contributed by atoms with Crippen LogP contribution in [-0.4, -0.2) is 41.1 Å². The van der Waals surface area contributed by atoms with Gasteiger partial charge in [-0.05, 0) is 5.56 Å². The third-order valence-electron chi connectivity index (χ3n) is 3.04. The number of benzene rings is 1. The summed E-state index contributed by atoms with van der Waals surface area (Å²) in [5.41, 5.74) is 0.774. The monoisotopic (exact) mass is 249 g/mol. The van der Waals surface area contributed by atoms with E-state index in [2.05, 4.69) is 0 Å². The molecule has 1 aliphatic rings. The lowest BCUT2D eigenvalue weighted by atomic mass is 9.99. The van der Waals surface area contributed by atoms with Crippen LogP contribution in [0.1, 0.15) is 18.6 Å². The predicted molar refractivity (Wildman–Crippen MR) is 63.9 cm³/mol. The number of amides is 1. The first kappa shape index (κ1) is 12.6. The lowest BCUT2D eigenvalue weighted by Gasteiger charge is -2.38. The fourth-order valence-corrected chi connectivity index (χ4v) is 2.21. The summed E-state index contributed by atoms with van der Waals surface area (Å²) in [6.07, 6.45) is -0.610. The number of carbonyl (C=O) groups is 2. The molecule has 5 nitrogen and oxygen atoms in total. The highest BCUT2D eigenvalue weighted by atomic mass is 16.5.